The van der Waals surface area contributed by atoms with Crippen molar-refractivity contribution in [3.8, 4) is 0 Å². The maximum atomic E-state index is 12.4. The van der Waals surface area contributed by atoms with Gasteiger partial charge in [-0.1, -0.05) is 6.07 Å². The fourth-order valence-electron chi connectivity index (χ4n) is 2.00. The van der Waals surface area contributed by atoms with Crippen molar-refractivity contribution in [2.75, 3.05) is 12.3 Å². The highest BCUT2D eigenvalue weighted by Gasteiger charge is 2.20. The molecule has 1 heterocycles. The van der Waals surface area contributed by atoms with Gasteiger partial charge in [0.15, 0.2) is 0 Å². The smallest absolute Gasteiger partial charge is 0.241 e. The summed E-state index contributed by atoms with van der Waals surface area (Å²) in [4.78, 5) is 4.40. The molecule has 0 bridgehead atoms. The van der Waals surface area contributed by atoms with Crippen molar-refractivity contribution >= 4 is 27.0 Å². The van der Waals surface area contributed by atoms with Crippen molar-refractivity contribution in [2.45, 2.75) is 25.2 Å². The molecule has 1 aromatic carbocycles. The third kappa shape index (κ3) is 3.17. The van der Waals surface area contributed by atoms with Crippen molar-refractivity contribution in [3.63, 3.8) is 0 Å². The third-order valence-corrected chi connectivity index (χ3v) is 5.46. The normalized spacial score (nSPS) is 11.7. The van der Waals surface area contributed by atoms with Gasteiger partial charge in [-0.25, -0.2) is 18.1 Å². The van der Waals surface area contributed by atoms with Gasteiger partial charge in [-0.05, 0) is 31.0 Å². The molecule has 1 aromatic heterocycles. The molecule has 0 aliphatic heterocycles. The summed E-state index contributed by atoms with van der Waals surface area (Å²) in [5.41, 5.74) is 10.2. The van der Waals surface area contributed by atoms with E-state index in [2.05, 4.69) is 9.71 Å². The number of nitrogens with two attached hydrogens (primary N) is 1. The number of rotatable bonds is 5. The molecular formula is C13H17N3O2S2. The molecule has 0 radical (unpaired) electrons. The first-order valence-electron chi connectivity index (χ1n) is 6.14. The van der Waals surface area contributed by atoms with Crippen LogP contribution in [0, 0.1) is 13.8 Å². The molecule has 0 spiro atoms. The first-order valence-corrected chi connectivity index (χ1v) is 8.57. The summed E-state index contributed by atoms with van der Waals surface area (Å²) in [6.45, 7) is 3.80. The monoisotopic (exact) mass is 311 g/mol. The van der Waals surface area contributed by atoms with E-state index in [1.54, 1.807) is 31.5 Å². The van der Waals surface area contributed by atoms with Gasteiger partial charge < -0.3 is 5.73 Å². The van der Waals surface area contributed by atoms with E-state index >= 15 is 0 Å². The molecule has 0 amide bonds. The zero-order chi connectivity index (χ0) is 14.8. The Kier molecular flexibility index (Phi) is 4.42. The second-order valence-corrected chi connectivity index (χ2v) is 6.98. The Labute approximate surface area is 122 Å². The van der Waals surface area contributed by atoms with Crippen LogP contribution in [0.3, 0.4) is 0 Å². The van der Waals surface area contributed by atoms with Crippen LogP contribution < -0.4 is 10.5 Å². The molecule has 3 N–H and O–H groups in total. The van der Waals surface area contributed by atoms with E-state index in [0.717, 1.165) is 5.69 Å². The molecule has 2 rings (SSSR count). The van der Waals surface area contributed by atoms with Crippen molar-refractivity contribution in [2.24, 2.45) is 0 Å². The Morgan fingerprint density at radius 3 is 2.75 bits per heavy atom. The first-order chi connectivity index (χ1) is 9.42. The van der Waals surface area contributed by atoms with Crippen LogP contribution in [0.5, 0.6) is 0 Å². The SMILES string of the molecule is Cc1ccc(N)c(C)c1S(=O)(=O)NCCc1cscn1. The van der Waals surface area contributed by atoms with E-state index in [1.807, 2.05) is 5.38 Å². The summed E-state index contributed by atoms with van der Waals surface area (Å²) in [5, 5.41) is 1.91. The minimum Gasteiger partial charge on any atom is -0.398 e. The zero-order valence-corrected chi connectivity index (χ0v) is 13.0. The van der Waals surface area contributed by atoms with Crippen LogP contribution in [0.2, 0.25) is 0 Å². The number of nitrogen functional groups attached to an aromatic ring is 1. The number of nitrogens with zero attached hydrogens (tertiary/aromatic N) is 1. The molecule has 0 atom stereocenters. The lowest BCUT2D eigenvalue weighted by molar-refractivity contribution is 0.580. The quantitative estimate of drug-likeness (QED) is 0.825. The molecule has 0 saturated heterocycles. The number of aromatic nitrogens is 1. The second-order valence-electron chi connectivity index (χ2n) is 4.55. The molecule has 7 heteroatoms. The maximum absolute atomic E-state index is 12.4. The van der Waals surface area contributed by atoms with Gasteiger partial charge in [-0.3, -0.25) is 0 Å². The summed E-state index contributed by atoms with van der Waals surface area (Å²) < 4.78 is 27.3. The summed E-state index contributed by atoms with van der Waals surface area (Å²) >= 11 is 1.50. The van der Waals surface area contributed by atoms with Crippen LogP contribution in [0.4, 0.5) is 5.69 Å². The highest BCUT2D eigenvalue weighted by Crippen LogP contribution is 2.24. The lowest BCUT2D eigenvalue weighted by Gasteiger charge is -2.13. The van der Waals surface area contributed by atoms with Gasteiger partial charge in [0.25, 0.3) is 0 Å². The minimum atomic E-state index is -3.55. The second kappa shape index (κ2) is 5.90. The molecule has 0 fully saturated rings. The zero-order valence-electron chi connectivity index (χ0n) is 11.4. The fourth-order valence-corrected chi connectivity index (χ4v) is 4.12. The summed E-state index contributed by atoms with van der Waals surface area (Å²) in [6, 6.07) is 3.44. The van der Waals surface area contributed by atoms with Crippen LogP contribution in [-0.4, -0.2) is 19.9 Å². The van der Waals surface area contributed by atoms with Crippen molar-refractivity contribution < 1.29 is 8.42 Å². The Morgan fingerprint density at radius 2 is 2.10 bits per heavy atom. The van der Waals surface area contributed by atoms with Crippen LogP contribution >= 0.6 is 11.3 Å². The Balaban J connectivity index is 2.16. The number of hydrogen-bond donors (Lipinski definition) is 2. The van der Waals surface area contributed by atoms with Gasteiger partial charge in [-0.2, -0.15) is 0 Å². The van der Waals surface area contributed by atoms with Crippen molar-refractivity contribution in [1.82, 2.24) is 9.71 Å². The van der Waals surface area contributed by atoms with E-state index in [0.29, 0.717) is 29.8 Å². The van der Waals surface area contributed by atoms with E-state index in [1.165, 1.54) is 11.3 Å². The Hall–Kier alpha value is -1.44. The summed E-state index contributed by atoms with van der Waals surface area (Å²) in [6.07, 6.45) is 0.573. The van der Waals surface area contributed by atoms with Crippen LogP contribution in [0.15, 0.2) is 27.9 Å². The van der Waals surface area contributed by atoms with Crippen LogP contribution in [0.25, 0.3) is 0 Å². The minimum absolute atomic E-state index is 0.274. The first kappa shape index (κ1) is 15.0. The average Bonchev–Trinajstić information content (AvgIpc) is 2.87. The van der Waals surface area contributed by atoms with Gasteiger partial charge in [0.2, 0.25) is 10.0 Å². The fraction of sp³-hybridized carbons (Fsp3) is 0.308. The number of sulfonamides is 1. The predicted octanol–water partition coefficient (Wildman–Crippen LogP) is 1.86. The Morgan fingerprint density at radius 1 is 1.35 bits per heavy atom. The third-order valence-electron chi connectivity index (χ3n) is 3.07. The van der Waals surface area contributed by atoms with E-state index in [4.69, 9.17) is 5.73 Å². The van der Waals surface area contributed by atoms with E-state index < -0.39 is 10.0 Å². The van der Waals surface area contributed by atoms with Gasteiger partial charge in [0.1, 0.15) is 0 Å². The van der Waals surface area contributed by atoms with Gasteiger partial charge in [0, 0.05) is 24.0 Å². The standard InChI is InChI=1S/C13H17N3O2S2/c1-9-3-4-12(14)10(2)13(9)20(17,18)16-6-5-11-7-19-8-15-11/h3-4,7-8,16H,5-6,14H2,1-2H3. The molecule has 108 valence electrons. The van der Waals surface area contributed by atoms with Gasteiger partial charge in [-0.15, -0.1) is 11.3 Å². The lowest BCUT2D eigenvalue weighted by Crippen LogP contribution is -2.27. The number of nitrogens with one attached hydrogen (secondary N) is 1. The average molecular weight is 311 g/mol. The van der Waals surface area contributed by atoms with Crippen molar-refractivity contribution in [3.05, 3.63) is 39.8 Å². The number of anilines is 1. The van der Waals surface area contributed by atoms with Gasteiger partial charge in [0.05, 0.1) is 16.1 Å². The van der Waals surface area contributed by atoms with E-state index in [9.17, 15) is 8.42 Å². The Bertz CT molecular complexity index is 695. The number of hydrogen-bond acceptors (Lipinski definition) is 5. The molecule has 5 nitrogen and oxygen atoms in total. The predicted molar refractivity (Wildman–Crippen MR) is 81.3 cm³/mol. The van der Waals surface area contributed by atoms with Crippen molar-refractivity contribution in [1.29, 1.82) is 0 Å². The number of benzene rings is 1. The van der Waals surface area contributed by atoms with Crippen LogP contribution in [-0.2, 0) is 16.4 Å². The number of aryl methyl sites for hydroxylation is 1. The summed E-state index contributed by atoms with van der Waals surface area (Å²) in [5.74, 6) is 0. The highest BCUT2D eigenvalue weighted by atomic mass is 32.2. The summed E-state index contributed by atoms with van der Waals surface area (Å²) in [7, 11) is -3.55. The number of thiazole rings is 1. The largest absolute Gasteiger partial charge is 0.398 e. The van der Waals surface area contributed by atoms with Gasteiger partial charge >= 0.3 is 0 Å². The molecule has 2 aromatic rings. The molecule has 0 aliphatic rings. The maximum Gasteiger partial charge on any atom is 0.241 e. The van der Waals surface area contributed by atoms with E-state index in [-0.39, 0.29) is 4.90 Å². The highest BCUT2D eigenvalue weighted by molar-refractivity contribution is 7.89. The molecular weight excluding hydrogens is 294 g/mol. The molecule has 0 aliphatic carbocycles. The topological polar surface area (TPSA) is 85.1 Å². The molecule has 0 saturated carbocycles. The molecule has 20 heavy (non-hydrogen) atoms. The molecule has 0 unspecified atom stereocenters. The lowest BCUT2D eigenvalue weighted by atomic mass is 10.1. The van der Waals surface area contributed by atoms with Crippen LogP contribution in [0.1, 0.15) is 16.8 Å².